The summed E-state index contributed by atoms with van der Waals surface area (Å²) < 4.78 is 0. The van der Waals surface area contributed by atoms with Crippen LogP contribution < -0.4 is 4.90 Å². The molecule has 1 aromatic heterocycles. The number of amides is 1. The van der Waals surface area contributed by atoms with Crippen LogP contribution in [0.2, 0.25) is 5.15 Å². The third-order valence-electron chi connectivity index (χ3n) is 3.17. The van der Waals surface area contributed by atoms with Crippen LogP contribution in [0.5, 0.6) is 0 Å². The van der Waals surface area contributed by atoms with E-state index in [2.05, 4.69) is 9.97 Å². The SMILES string of the molecule is CCN(CC(=O)N(C)C)c1cc(Cl)nc(C2CC2)n1. The third kappa shape index (κ3) is 3.56. The van der Waals surface area contributed by atoms with Crippen LogP contribution in [0.1, 0.15) is 31.5 Å². The highest BCUT2D eigenvalue weighted by Gasteiger charge is 2.28. The van der Waals surface area contributed by atoms with E-state index in [4.69, 9.17) is 11.6 Å². The number of likely N-dealkylation sites (N-methyl/N-ethyl adjacent to an activating group) is 2. The molecule has 1 aliphatic rings. The summed E-state index contributed by atoms with van der Waals surface area (Å²) in [5.74, 6) is 2.03. The van der Waals surface area contributed by atoms with Gasteiger partial charge in [-0.1, -0.05) is 11.6 Å². The summed E-state index contributed by atoms with van der Waals surface area (Å²) >= 11 is 6.05. The number of aromatic nitrogens is 2. The Morgan fingerprint density at radius 2 is 2.11 bits per heavy atom. The van der Waals surface area contributed by atoms with Crippen molar-refractivity contribution in [1.82, 2.24) is 14.9 Å². The maximum Gasteiger partial charge on any atom is 0.241 e. The van der Waals surface area contributed by atoms with Gasteiger partial charge in [0.05, 0.1) is 6.54 Å². The zero-order chi connectivity index (χ0) is 14.0. The van der Waals surface area contributed by atoms with Gasteiger partial charge in [0.1, 0.15) is 16.8 Å². The minimum atomic E-state index is 0.0459. The number of rotatable bonds is 5. The lowest BCUT2D eigenvalue weighted by atomic mass is 10.3. The van der Waals surface area contributed by atoms with Gasteiger partial charge in [0.25, 0.3) is 0 Å². The minimum absolute atomic E-state index is 0.0459. The zero-order valence-corrected chi connectivity index (χ0v) is 12.3. The van der Waals surface area contributed by atoms with Gasteiger partial charge in [-0.2, -0.15) is 0 Å². The first kappa shape index (κ1) is 14.1. The average molecular weight is 283 g/mol. The lowest BCUT2D eigenvalue weighted by Crippen LogP contribution is -2.37. The highest BCUT2D eigenvalue weighted by Crippen LogP contribution is 2.39. The van der Waals surface area contributed by atoms with Gasteiger partial charge in [-0.15, -0.1) is 0 Å². The maximum absolute atomic E-state index is 11.8. The number of carbonyl (C=O) groups is 1. The molecule has 5 nitrogen and oxygen atoms in total. The first-order chi connectivity index (χ1) is 9.01. The fourth-order valence-electron chi connectivity index (χ4n) is 1.77. The normalized spacial score (nSPS) is 14.3. The van der Waals surface area contributed by atoms with Gasteiger partial charge >= 0.3 is 0 Å². The van der Waals surface area contributed by atoms with Crippen molar-refractivity contribution in [2.75, 3.05) is 32.1 Å². The first-order valence-corrected chi connectivity index (χ1v) is 6.88. The van der Waals surface area contributed by atoms with Crippen molar-refractivity contribution in [1.29, 1.82) is 0 Å². The van der Waals surface area contributed by atoms with Crippen molar-refractivity contribution < 1.29 is 4.79 Å². The van der Waals surface area contributed by atoms with Crippen LogP contribution >= 0.6 is 11.6 Å². The molecule has 19 heavy (non-hydrogen) atoms. The highest BCUT2D eigenvalue weighted by molar-refractivity contribution is 6.29. The summed E-state index contributed by atoms with van der Waals surface area (Å²) in [4.78, 5) is 24.1. The van der Waals surface area contributed by atoms with E-state index in [0.717, 1.165) is 24.5 Å². The Balaban J connectivity index is 2.19. The first-order valence-electron chi connectivity index (χ1n) is 6.50. The predicted octanol–water partition coefficient (Wildman–Crippen LogP) is 1.92. The minimum Gasteiger partial charge on any atom is -0.347 e. The standard InChI is InChI=1S/C13H19ClN4O/c1-4-18(8-12(19)17(2)3)11-7-10(14)15-13(16-11)9-5-6-9/h7,9H,4-6,8H2,1-3H3. The number of hydrogen-bond acceptors (Lipinski definition) is 4. The van der Waals surface area contributed by atoms with Crippen LogP contribution in [0.15, 0.2) is 6.07 Å². The molecular weight excluding hydrogens is 264 g/mol. The van der Waals surface area contributed by atoms with Crippen LogP contribution in [0.25, 0.3) is 0 Å². The number of hydrogen-bond donors (Lipinski definition) is 0. The van der Waals surface area contributed by atoms with Gasteiger partial charge < -0.3 is 9.80 Å². The number of anilines is 1. The van der Waals surface area contributed by atoms with E-state index >= 15 is 0 Å². The van der Waals surface area contributed by atoms with Crippen molar-refractivity contribution in [3.63, 3.8) is 0 Å². The second-order valence-electron chi connectivity index (χ2n) is 4.98. The molecule has 2 rings (SSSR count). The molecule has 104 valence electrons. The summed E-state index contributed by atoms with van der Waals surface area (Å²) in [6, 6.07) is 1.72. The Morgan fingerprint density at radius 3 is 2.63 bits per heavy atom. The fraction of sp³-hybridized carbons (Fsp3) is 0.615. The Hall–Kier alpha value is -1.36. The second kappa shape index (κ2) is 5.74. The summed E-state index contributed by atoms with van der Waals surface area (Å²) in [7, 11) is 3.50. The molecule has 1 saturated carbocycles. The smallest absolute Gasteiger partial charge is 0.241 e. The van der Waals surface area contributed by atoms with Crippen molar-refractivity contribution in [2.45, 2.75) is 25.7 Å². The summed E-state index contributed by atoms with van der Waals surface area (Å²) in [6.07, 6.45) is 2.26. The Bertz CT molecular complexity index is 474. The van der Waals surface area contributed by atoms with Crippen LogP contribution in [-0.2, 0) is 4.79 Å². The molecule has 0 saturated heterocycles. The van der Waals surface area contributed by atoms with E-state index in [1.54, 1.807) is 25.1 Å². The largest absolute Gasteiger partial charge is 0.347 e. The fourth-order valence-corrected chi connectivity index (χ4v) is 1.95. The van der Waals surface area contributed by atoms with Crippen LogP contribution in [0.4, 0.5) is 5.82 Å². The van der Waals surface area contributed by atoms with Crippen molar-refractivity contribution >= 4 is 23.3 Å². The van der Waals surface area contributed by atoms with E-state index in [1.165, 1.54) is 0 Å². The molecule has 0 aromatic carbocycles. The van der Waals surface area contributed by atoms with Gasteiger partial charge in [0.2, 0.25) is 5.91 Å². The number of nitrogens with zero attached hydrogens (tertiary/aromatic N) is 4. The van der Waals surface area contributed by atoms with Crippen LogP contribution in [0, 0.1) is 0 Å². The molecule has 0 radical (unpaired) electrons. The summed E-state index contributed by atoms with van der Waals surface area (Å²) in [5, 5.41) is 0.447. The highest BCUT2D eigenvalue weighted by atomic mass is 35.5. The van der Waals surface area contributed by atoms with Gasteiger partial charge in [-0.25, -0.2) is 9.97 Å². The van der Waals surface area contributed by atoms with Crippen molar-refractivity contribution in [3.05, 3.63) is 17.0 Å². The second-order valence-corrected chi connectivity index (χ2v) is 5.37. The van der Waals surface area contributed by atoms with E-state index in [9.17, 15) is 4.79 Å². The van der Waals surface area contributed by atoms with E-state index < -0.39 is 0 Å². The van der Waals surface area contributed by atoms with E-state index in [0.29, 0.717) is 24.2 Å². The molecule has 6 heteroatoms. The topological polar surface area (TPSA) is 49.3 Å². The molecule has 0 spiro atoms. The number of carbonyl (C=O) groups excluding carboxylic acids is 1. The molecule has 1 fully saturated rings. The lowest BCUT2D eigenvalue weighted by Gasteiger charge is -2.23. The van der Waals surface area contributed by atoms with E-state index in [1.807, 2.05) is 11.8 Å². The summed E-state index contributed by atoms with van der Waals surface area (Å²) in [6.45, 7) is 3.01. The van der Waals surface area contributed by atoms with Gasteiger partial charge in [0, 0.05) is 32.6 Å². The molecule has 0 aliphatic heterocycles. The van der Waals surface area contributed by atoms with E-state index in [-0.39, 0.29) is 5.91 Å². The molecule has 1 heterocycles. The Kier molecular flexibility index (Phi) is 4.24. The molecule has 1 amide bonds. The lowest BCUT2D eigenvalue weighted by molar-refractivity contribution is -0.127. The zero-order valence-electron chi connectivity index (χ0n) is 11.6. The average Bonchev–Trinajstić information content (AvgIpc) is 3.18. The molecule has 0 bridgehead atoms. The van der Waals surface area contributed by atoms with Crippen LogP contribution in [-0.4, -0.2) is 48.0 Å². The molecule has 0 N–H and O–H groups in total. The number of halogens is 1. The van der Waals surface area contributed by atoms with Gasteiger partial charge in [0.15, 0.2) is 0 Å². The predicted molar refractivity (Wildman–Crippen MR) is 75.6 cm³/mol. The molecular formula is C13H19ClN4O. The molecule has 0 atom stereocenters. The molecule has 1 aliphatic carbocycles. The third-order valence-corrected chi connectivity index (χ3v) is 3.37. The monoisotopic (exact) mass is 282 g/mol. The summed E-state index contributed by atoms with van der Waals surface area (Å²) in [5.41, 5.74) is 0. The van der Waals surface area contributed by atoms with Crippen LogP contribution in [0.3, 0.4) is 0 Å². The van der Waals surface area contributed by atoms with Crippen molar-refractivity contribution in [3.8, 4) is 0 Å². The van der Waals surface area contributed by atoms with Gasteiger partial charge in [-0.05, 0) is 19.8 Å². The van der Waals surface area contributed by atoms with Crippen molar-refractivity contribution in [2.24, 2.45) is 0 Å². The maximum atomic E-state index is 11.8. The quantitative estimate of drug-likeness (QED) is 0.774. The molecule has 0 unspecified atom stereocenters. The molecule has 1 aromatic rings. The van der Waals surface area contributed by atoms with Gasteiger partial charge in [-0.3, -0.25) is 4.79 Å². The Morgan fingerprint density at radius 1 is 1.42 bits per heavy atom. The Labute approximate surface area is 118 Å².